The molecule has 0 saturated heterocycles. The molecule has 0 unspecified atom stereocenters. The standard InChI is InChI=1S/C15H19N3O2S/c1-3-9-17-14-8-10-16-11-15(14)21(19,20)18-13-7-5-4-6-12(13)2/h4-8,10-11,18H,3,9H2,1-2H3,(H,16,17). The summed E-state index contributed by atoms with van der Waals surface area (Å²) in [4.78, 5) is 4.08. The van der Waals surface area contributed by atoms with Gasteiger partial charge in [-0.1, -0.05) is 25.1 Å². The number of pyridine rings is 1. The van der Waals surface area contributed by atoms with Gasteiger partial charge in [0.2, 0.25) is 0 Å². The highest BCUT2D eigenvalue weighted by Crippen LogP contribution is 2.24. The lowest BCUT2D eigenvalue weighted by atomic mass is 10.2. The summed E-state index contributed by atoms with van der Waals surface area (Å²) in [7, 11) is -3.67. The van der Waals surface area contributed by atoms with E-state index in [-0.39, 0.29) is 4.90 Å². The molecule has 0 bridgehead atoms. The number of rotatable bonds is 6. The Balaban J connectivity index is 2.34. The molecule has 0 spiro atoms. The van der Waals surface area contributed by atoms with Gasteiger partial charge in [0.05, 0.1) is 11.4 Å². The molecule has 2 rings (SSSR count). The normalized spacial score (nSPS) is 11.1. The van der Waals surface area contributed by atoms with Crippen LogP contribution in [-0.4, -0.2) is 19.9 Å². The number of anilines is 2. The number of hydrogen-bond donors (Lipinski definition) is 2. The van der Waals surface area contributed by atoms with E-state index in [1.807, 2.05) is 26.0 Å². The second-order valence-corrected chi connectivity index (χ2v) is 6.37. The van der Waals surface area contributed by atoms with Crippen molar-refractivity contribution < 1.29 is 8.42 Å². The minimum absolute atomic E-state index is 0.154. The van der Waals surface area contributed by atoms with E-state index >= 15 is 0 Å². The molecule has 0 atom stereocenters. The van der Waals surface area contributed by atoms with Crippen LogP contribution in [0.1, 0.15) is 18.9 Å². The molecular formula is C15H19N3O2S. The van der Waals surface area contributed by atoms with Gasteiger partial charge in [0.15, 0.2) is 0 Å². The number of nitrogens with zero attached hydrogens (tertiary/aromatic N) is 1. The molecule has 0 aliphatic carbocycles. The van der Waals surface area contributed by atoms with Crippen molar-refractivity contribution in [3.05, 3.63) is 48.3 Å². The van der Waals surface area contributed by atoms with Gasteiger partial charge in [-0.2, -0.15) is 0 Å². The number of nitrogens with one attached hydrogen (secondary N) is 2. The van der Waals surface area contributed by atoms with Gasteiger partial charge in [-0.15, -0.1) is 0 Å². The quantitative estimate of drug-likeness (QED) is 0.860. The Kier molecular flexibility index (Phi) is 4.80. The highest BCUT2D eigenvalue weighted by atomic mass is 32.2. The van der Waals surface area contributed by atoms with Crippen molar-refractivity contribution in [3.63, 3.8) is 0 Å². The average Bonchev–Trinajstić information content (AvgIpc) is 2.47. The predicted octanol–water partition coefficient (Wildman–Crippen LogP) is 3.01. The number of aromatic nitrogens is 1. The molecule has 0 saturated carbocycles. The Morgan fingerprint density at radius 2 is 1.90 bits per heavy atom. The third-order valence-electron chi connectivity index (χ3n) is 3.03. The van der Waals surface area contributed by atoms with Crippen LogP contribution in [0, 0.1) is 6.92 Å². The number of aryl methyl sites for hydroxylation is 1. The van der Waals surface area contributed by atoms with Gasteiger partial charge in [-0.25, -0.2) is 8.42 Å². The molecule has 112 valence electrons. The molecule has 1 heterocycles. The van der Waals surface area contributed by atoms with Crippen LogP contribution in [0.4, 0.5) is 11.4 Å². The Morgan fingerprint density at radius 3 is 2.62 bits per heavy atom. The predicted molar refractivity (Wildman–Crippen MR) is 85.0 cm³/mol. The summed E-state index contributed by atoms with van der Waals surface area (Å²) >= 11 is 0. The molecular weight excluding hydrogens is 286 g/mol. The smallest absolute Gasteiger partial charge is 0.265 e. The second-order valence-electron chi connectivity index (χ2n) is 4.72. The summed E-state index contributed by atoms with van der Waals surface area (Å²) in [5.74, 6) is 0. The number of sulfonamides is 1. The van der Waals surface area contributed by atoms with E-state index in [2.05, 4.69) is 15.0 Å². The summed E-state index contributed by atoms with van der Waals surface area (Å²) in [6.07, 6.45) is 3.84. The van der Waals surface area contributed by atoms with Crippen molar-refractivity contribution >= 4 is 21.4 Å². The number of benzene rings is 1. The minimum atomic E-state index is -3.67. The average molecular weight is 305 g/mol. The van der Waals surface area contributed by atoms with Crippen molar-refractivity contribution in [2.75, 3.05) is 16.6 Å². The molecule has 0 fully saturated rings. The van der Waals surface area contributed by atoms with E-state index in [9.17, 15) is 8.42 Å². The zero-order chi connectivity index (χ0) is 15.3. The molecule has 0 amide bonds. The fourth-order valence-electron chi connectivity index (χ4n) is 1.89. The van der Waals surface area contributed by atoms with Crippen molar-refractivity contribution in [2.24, 2.45) is 0 Å². The maximum absolute atomic E-state index is 12.5. The number of para-hydroxylation sites is 1. The molecule has 0 radical (unpaired) electrons. The molecule has 6 heteroatoms. The first-order chi connectivity index (χ1) is 10.0. The van der Waals surface area contributed by atoms with Gasteiger partial charge in [0.25, 0.3) is 10.0 Å². The van der Waals surface area contributed by atoms with Crippen LogP contribution >= 0.6 is 0 Å². The number of hydrogen-bond acceptors (Lipinski definition) is 4. The third-order valence-corrected chi connectivity index (χ3v) is 4.42. The summed E-state index contributed by atoms with van der Waals surface area (Å²) in [6, 6.07) is 8.93. The summed E-state index contributed by atoms with van der Waals surface area (Å²) in [6.45, 7) is 4.59. The summed E-state index contributed by atoms with van der Waals surface area (Å²) in [5, 5.41) is 3.11. The minimum Gasteiger partial charge on any atom is -0.384 e. The van der Waals surface area contributed by atoms with Crippen LogP contribution in [0.25, 0.3) is 0 Å². The molecule has 21 heavy (non-hydrogen) atoms. The van der Waals surface area contributed by atoms with E-state index in [0.717, 1.165) is 12.0 Å². The fourth-order valence-corrected chi connectivity index (χ4v) is 3.14. The first-order valence-corrected chi connectivity index (χ1v) is 8.29. The van der Waals surface area contributed by atoms with Gasteiger partial charge in [0, 0.05) is 18.9 Å². The monoisotopic (exact) mass is 305 g/mol. The van der Waals surface area contributed by atoms with E-state index in [1.54, 1.807) is 24.4 Å². The van der Waals surface area contributed by atoms with Crippen LogP contribution in [-0.2, 0) is 10.0 Å². The van der Waals surface area contributed by atoms with E-state index in [1.165, 1.54) is 6.20 Å². The second kappa shape index (κ2) is 6.58. The molecule has 2 aromatic rings. The van der Waals surface area contributed by atoms with Gasteiger partial charge < -0.3 is 5.32 Å². The SMILES string of the molecule is CCCNc1ccncc1S(=O)(=O)Nc1ccccc1C. The Morgan fingerprint density at radius 1 is 1.14 bits per heavy atom. The molecule has 5 nitrogen and oxygen atoms in total. The lowest BCUT2D eigenvalue weighted by Gasteiger charge is -2.14. The first-order valence-electron chi connectivity index (χ1n) is 6.81. The lowest BCUT2D eigenvalue weighted by Crippen LogP contribution is -2.16. The van der Waals surface area contributed by atoms with Gasteiger partial charge in [-0.05, 0) is 31.0 Å². The van der Waals surface area contributed by atoms with Crippen LogP contribution in [0.15, 0.2) is 47.6 Å². The van der Waals surface area contributed by atoms with Crippen molar-refractivity contribution in [3.8, 4) is 0 Å². The fraction of sp³-hybridized carbons (Fsp3) is 0.267. The van der Waals surface area contributed by atoms with Crippen molar-refractivity contribution in [1.82, 2.24) is 4.98 Å². The highest BCUT2D eigenvalue weighted by molar-refractivity contribution is 7.92. The van der Waals surface area contributed by atoms with Crippen LogP contribution < -0.4 is 10.0 Å². The maximum atomic E-state index is 12.5. The summed E-state index contributed by atoms with van der Waals surface area (Å²) < 4.78 is 27.7. The molecule has 0 aliphatic rings. The van der Waals surface area contributed by atoms with Crippen molar-refractivity contribution in [2.45, 2.75) is 25.2 Å². The highest BCUT2D eigenvalue weighted by Gasteiger charge is 2.19. The molecule has 1 aromatic carbocycles. The van der Waals surface area contributed by atoms with E-state index in [4.69, 9.17) is 0 Å². The van der Waals surface area contributed by atoms with E-state index < -0.39 is 10.0 Å². The zero-order valence-electron chi connectivity index (χ0n) is 12.1. The Labute approximate surface area is 125 Å². The zero-order valence-corrected chi connectivity index (χ0v) is 12.9. The molecule has 2 N–H and O–H groups in total. The maximum Gasteiger partial charge on any atom is 0.265 e. The molecule has 1 aromatic heterocycles. The Bertz CT molecular complexity index is 714. The van der Waals surface area contributed by atoms with Gasteiger partial charge >= 0.3 is 0 Å². The van der Waals surface area contributed by atoms with Crippen LogP contribution in [0.2, 0.25) is 0 Å². The topological polar surface area (TPSA) is 71.1 Å². The first kappa shape index (κ1) is 15.3. The summed E-state index contributed by atoms with van der Waals surface area (Å²) in [5.41, 5.74) is 2.00. The lowest BCUT2D eigenvalue weighted by molar-refractivity contribution is 0.601. The van der Waals surface area contributed by atoms with Crippen molar-refractivity contribution in [1.29, 1.82) is 0 Å². The third kappa shape index (κ3) is 3.72. The van der Waals surface area contributed by atoms with Crippen LogP contribution in [0.3, 0.4) is 0 Å². The van der Waals surface area contributed by atoms with Gasteiger partial charge in [0.1, 0.15) is 4.90 Å². The largest absolute Gasteiger partial charge is 0.384 e. The molecule has 0 aliphatic heterocycles. The Hall–Kier alpha value is -2.08. The van der Waals surface area contributed by atoms with Gasteiger partial charge in [-0.3, -0.25) is 9.71 Å². The van der Waals surface area contributed by atoms with E-state index in [0.29, 0.717) is 17.9 Å². The van der Waals surface area contributed by atoms with Crippen LogP contribution in [0.5, 0.6) is 0 Å².